The maximum absolute atomic E-state index is 4.56. The first-order chi connectivity index (χ1) is 7.02. The number of fused-ring (bicyclic) bond motifs is 1. The summed E-state index contributed by atoms with van der Waals surface area (Å²) in [5, 5.41) is 0. The van der Waals surface area contributed by atoms with Crippen LogP contribution < -0.4 is 0 Å². The number of hydrogen-bond acceptors (Lipinski definition) is 2. The minimum absolute atomic E-state index is 0.504. The van der Waals surface area contributed by atoms with Gasteiger partial charge in [-0.05, 0) is 30.9 Å². The fourth-order valence-corrected chi connectivity index (χ4v) is 1.94. The summed E-state index contributed by atoms with van der Waals surface area (Å²) in [5.74, 6) is 1.52. The highest BCUT2D eigenvalue weighted by Crippen LogP contribution is 2.24. The van der Waals surface area contributed by atoms with Gasteiger partial charge in [0.05, 0.1) is 0 Å². The zero-order valence-electron chi connectivity index (χ0n) is 10.00. The topological polar surface area (TPSA) is 30.7 Å². The average molecular weight is 203 g/mol. The highest BCUT2D eigenvalue weighted by Gasteiger charge is 2.12. The molecular formula is C12H17N3. The minimum atomic E-state index is 0.504. The Bertz CT molecular complexity index is 509. The molecule has 0 saturated carbocycles. The van der Waals surface area contributed by atoms with Crippen molar-refractivity contribution in [3.8, 4) is 0 Å². The molecule has 80 valence electrons. The molecule has 2 aromatic rings. The van der Waals surface area contributed by atoms with Crippen molar-refractivity contribution in [1.82, 2.24) is 14.5 Å². The molecule has 2 heterocycles. The molecule has 0 fully saturated rings. The number of nitrogens with zero attached hydrogens (tertiary/aromatic N) is 3. The molecular weight excluding hydrogens is 186 g/mol. The quantitative estimate of drug-likeness (QED) is 0.713. The van der Waals surface area contributed by atoms with Crippen molar-refractivity contribution in [2.24, 2.45) is 7.05 Å². The summed E-state index contributed by atoms with van der Waals surface area (Å²) < 4.78 is 2.03. The van der Waals surface area contributed by atoms with Crippen LogP contribution in [0.15, 0.2) is 6.20 Å². The van der Waals surface area contributed by atoms with Crippen LogP contribution in [0.4, 0.5) is 0 Å². The van der Waals surface area contributed by atoms with Crippen LogP contribution in [0.3, 0.4) is 0 Å². The third-order valence-corrected chi connectivity index (χ3v) is 3.02. The smallest absolute Gasteiger partial charge is 0.160 e. The highest BCUT2D eigenvalue weighted by molar-refractivity contribution is 5.76. The van der Waals surface area contributed by atoms with Crippen molar-refractivity contribution in [1.29, 1.82) is 0 Å². The molecule has 0 radical (unpaired) electrons. The second-order valence-corrected chi connectivity index (χ2v) is 4.38. The minimum Gasteiger partial charge on any atom is -0.316 e. The summed E-state index contributed by atoms with van der Waals surface area (Å²) in [7, 11) is 2.01. The van der Waals surface area contributed by atoms with Crippen molar-refractivity contribution in [2.75, 3.05) is 0 Å². The lowest BCUT2D eigenvalue weighted by Crippen LogP contribution is -1.97. The van der Waals surface area contributed by atoms with Crippen molar-refractivity contribution in [3.05, 3.63) is 23.1 Å². The number of aromatic nitrogens is 3. The van der Waals surface area contributed by atoms with Crippen LogP contribution in [0.1, 0.15) is 36.7 Å². The molecule has 2 aromatic heterocycles. The molecule has 0 spiro atoms. The van der Waals surface area contributed by atoms with Crippen molar-refractivity contribution < 1.29 is 0 Å². The van der Waals surface area contributed by atoms with Crippen LogP contribution in [0, 0.1) is 13.8 Å². The summed E-state index contributed by atoms with van der Waals surface area (Å²) in [6.45, 7) is 8.51. The van der Waals surface area contributed by atoms with E-state index in [4.69, 9.17) is 0 Å². The Morgan fingerprint density at radius 1 is 1.27 bits per heavy atom. The molecule has 2 rings (SSSR count). The van der Waals surface area contributed by atoms with E-state index in [0.717, 1.165) is 17.0 Å². The highest BCUT2D eigenvalue weighted by atomic mass is 15.1. The molecule has 0 saturated heterocycles. The lowest BCUT2D eigenvalue weighted by molar-refractivity contribution is 0.846. The van der Waals surface area contributed by atoms with E-state index in [1.54, 1.807) is 0 Å². The molecule has 0 aliphatic carbocycles. The van der Waals surface area contributed by atoms with Gasteiger partial charge in [-0.1, -0.05) is 13.8 Å². The van der Waals surface area contributed by atoms with Crippen LogP contribution in [0.2, 0.25) is 0 Å². The number of pyridine rings is 1. The van der Waals surface area contributed by atoms with Crippen LogP contribution in [0.5, 0.6) is 0 Å². The van der Waals surface area contributed by atoms with E-state index in [1.807, 2.05) is 24.7 Å². The first-order valence-electron chi connectivity index (χ1n) is 5.31. The van der Waals surface area contributed by atoms with E-state index in [1.165, 1.54) is 11.1 Å². The zero-order chi connectivity index (χ0) is 11.2. The van der Waals surface area contributed by atoms with E-state index < -0.39 is 0 Å². The molecule has 15 heavy (non-hydrogen) atoms. The van der Waals surface area contributed by atoms with Gasteiger partial charge in [0.25, 0.3) is 0 Å². The fourth-order valence-electron chi connectivity index (χ4n) is 1.94. The largest absolute Gasteiger partial charge is 0.316 e. The lowest BCUT2D eigenvalue weighted by atomic mass is 10.00. The summed E-state index contributed by atoms with van der Waals surface area (Å²) in [4.78, 5) is 9.04. The van der Waals surface area contributed by atoms with Gasteiger partial charge in [-0.3, -0.25) is 0 Å². The Balaban J connectivity index is 2.80. The van der Waals surface area contributed by atoms with E-state index >= 15 is 0 Å². The first kappa shape index (κ1) is 10.1. The Labute approximate surface area is 90.2 Å². The third-order valence-electron chi connectivity index (χ3n) is 3.02. The summed E-state index contributed by atoms with van der Waals surface area (Å²) in [6.07, 6.45) is 1.98. The monoisotopic (exact) mass is 203 g/mol. The summed E-state index contributed by atoms with van der Waals surface area (Å²) in [6, 6.07) is 0. The van der Waals surface area contributed by atoms with Gasteiger partial charge in [0.15, 0.2) is 5.65 Å². The first-order valence-corrected chi connectivity index (χ1v) is 5.31. The molecule has 0 aliphatic heterocycles. The van der Waals surface area contributed by atoms with Gasteiger partial charge in [-0.2, -0.15) is 0 Å². The predicted molar refractivity (Wildman–Crippen MR) is 62.1 cm³/mol. The van der Waals surface area contributed by atoms with E-state index in [2.05, 4.69) is 30.7 Å². The maximum atomic E-state index is 4.56. The van der Waals surface area contributed by atoms with Gasteiger partial charge in [0, 0.05) is 13.2 Å². The average Bonchev–Trinajstić information content (AvgIpc) is 2.45. The zero-order valence-corrected chi connectivity index (χ0v) is 10.00. The number of rotatable bonds is 1. The molecule has 0 amide bonds. The fraction of sp³-hybridized carbons (Fsp3) is 0.500. The molecule has 0 aliphatic rings. The Kier molecular flexibility index (Phi) is 2.25. The van der Waals surface area contributed by atoms with E-state index in [0.29, 0.717) is 5.92 Å². The third kappa shape index (κ3) is 1.42. The van der Waals surface area contributed by atoms with Crippen molar-refractivity contribution >= 4 is 11.2 Å². The molecule has 3 heteroatoms. The molecule has 3 nitrogen and oxygen atoms in total. The number of hydrogen-bond donors (Lipinski definition) is 0. The molecule has 0 atom stereocenters. The molecule has 0 unspecified atom stereocenters. The maximum Gasteiger partial charge on any atom is 0.160 e. The Morgan fingerprint density at radius 3 is 2.53 bits per heavy atom. The standard InChI is InChI=1S/C12H17N3/c1-7(2)10-6-13-12-11(8(10)3)14-9(4)15(12)5/h6-7H,1-5H3. The van der Waals surface area contributed by atoms with Gasteiger partial charge in [0.2, 0.25) is 0 Å². The van der Waals surface area contributed by atoms with Gasteiger partial charge in [0.1, 0.15) is 11.3 Å². The van der Waals surface area contributed by atoms with Crippen molar-refractivity contribution in [3.63, 3.8) is 0 Å². The summed E-state index contributed by atoms with van der Waals surface area (Å²) >= 11 is 0. The van der Waals surface area contributed by atoms with Gasteiger partial charge < -0.3 is 4.57 Å². The molecule has 0 bridgehead atoms. The predicted octanol–water partition coefficient (Wildman–Crippen LogP) is 2.71. The Hall–Kier alpha value is -1.38. The number of imidazole rings is 1. The van der Waals surface area contributed by atoms with Gasteiger partial charge in [-0.15, -0.1) is 0 Å². The van der Waals surface area contributed by atoms with Gasteiger partial charge >= 0.3 is 0 Å². The number of aryl methyl sites for hydroxylation is 3. The second kappa shape index (κ2) is 3.33. The second-order valence-electron chi connectivity index (χ2n) is 4.38. The lowest BCUT2D eigenvalue weighted by Gasteiger charge is -2.08. The van der Waals surface area contributed by atoms with E-state index in [9.17, 15) is 0 Å². The molecule has 0 N–H and O–H groups in total. The van der Waals surface area contributed by atoms with Crippen LogP contribution >= 0.6 is 0 Å². The summed E-state index contributed by atoms with van der Waals surface area (Å²) in [5.41, 5.74) is 4.58. The van der Waals surface area contributed by atoms with Crippen LogP contribution in [-0.4, -0.2) is 14.5 Å². The normalized spacial score (nSPS) is 11.6. The van der Waals surface area contributed by atoms with Crippen molar-refractivity contribution in [2.45, 2.75) is 33.6 Å². The van der Waals surface area contributed by atoms with Crippen LogP contribution in [0.25, 0.3) is 11.2 Å². The SMILES string of the molecule is Cc1c(C(C)C)cnc2c1nc(C)n2C. The van der Waals surface area contributed by atoms with E-state index in [-0.39, 0.29) is 0 Å². The Morgan fingerprint density at radius 2 is 1.93 bits per heavy atom. The van der Waals surface area contributed by atoms with Gasteiger partial charge in [-0.25, -0.2) is 9.97 Å². The van der Waals surface area contributed by atoms with Crippen LogP contribution in [-0.2, 0) is 7.05 Å². The molecule has 0 aromatic carbocycles.